The van der Waals surface area contributed by atoms with Gasteiger partial charge in [-0.1, -0.05) is 18.2 Å². The van der Waals surface area contributed by atoms with Crippen LogP contribution in [-0.2, 0) is 4.79 Å². The minimum absolute atomic E-state index is 0.0333. The molecular weight excluding hydrogens is 245 g/mol. The lowest BCUT2D eigenvalue weighted by atomic mass is 10.0. The summed E-state index contributed by atoms with van der Waals surface area (Å²) in [5.41, 5.74) is -0.534. The third kappa shape index (κ3) is 2.37. The van der Waals surface area contributed by atoms with E-state index in [1.807, 2.05) is 0 Å². The van der Waals surface area contributed by atoms with Crippen molar-refractivity contribution in [3.63, 3.8) is 0 Å². The summed E-state index contributed by atoms with van der Waals surface area (Å²) in [5, 5.41) is 13.0. The third-order valence-electron chi connectivity index (χ3n) is 4.26. The van der Waals surface area contributed by atoms with E-state index in [4.69, 9.17) is 0 Å². The number of aliphatic hydroxyl groups is 1. The molecule has 3 rings (SSSR count). The Morgan fingerprint density at radius 3 is 2.68 bits per heavy atom. The molecule has 102 valence electrons. The molecule has 2 aliphatic rings. The van der Waals surface area contributed by atoms with E-state index in [2.05, 4.69) is 5.32 Å². The van der Waals surface area contributed by atoms with Crippen LogP contribution >= 0.6 is 0 Å². The van der Waals surface area contributed by atoms with Gasteiger partial charge >= 0.3 is 0 Å². The highest BCUT2D eigenvalue weighted by Gasteiger charge is 2.45. The van der Waals surface area contributed by atoms with Gasteiger partial charge in [-0.15, -0.1) is 0 Å². The minimum Gasteiger partial charge on any atom is -0.380 e. The molecule has 2 N–H and O–H groups in total. The van der Waals surface area contributed by atoms with Gasteiger partial charge in [0.1, 0.15) is 11.4 Å². The van der Waals surface area contributed by atoms with Crippen LogP contribution in [0.5, 0.6) is 0 Å². The van der Waals surface area contributed by atoms with Gasteiger partial charge in [0, 0.05) is 12.0 Å². The number of halogens is 1. The normalized spacial score (nSPS) is 28.1. The Balaban J connectivity index is 1.62. The molecule has 2 aliphatic carbocycles. The van der Waals surface area contributed by atoms with Crippen LogP contribution < -0.4 is 5.32 Å². The summed E-state index contributed by atoms with van der Waals surface area (Å²) in [6.07, 6.45) is 3.62. The number of carbonyl (C=O) groups is 1. The quantitative estimate of drug-likeness (QED) is 0.877. The fraction of sp³-hybridized carbons (Fsp3) is 0.533. The molecular formula is C15H18FNO2. The number of nitrogens with one attached hydrogen (secondary N) is 1. The molecule has 2 fully saturated rings. The summed E-state index contributed by atoms with van der Waals surface area (Å²) in [4.78, 5) is 12.0. The maximum absolute atomic E-state index is 13.6. The summed E-state index contributed by atoms with van der Waals surface area (Å²) < 4.78 is 13.6. The van der Waals surface area contributed by atoms with Crippen molar-refractivity contribution in [3.8, 4) is 0 Å². The molecule has 1 aromatic rings. The first-order valence-corrected chi connectivity index (χ1v) is 6.88. The lowest BCUT2D eigenvalue weighted by Gasteiger charge is -2.21. The van der Waals surface area contributed by atoms with Gasteiger partial charge in [0.15, 0.2) is 0 Å². The van der Waals surface area contributed by atoms with E-state index in [-0.39, 0.29) is 23.7 Å². The van der Waals surface area contributed by atoms with Crippen molar-refractivity contribution in [1.82, 2.24) is 5.32 Å². The lowest BCUT2D eigenvalue weighted by molar-refractivity contribution is -0.139. The highest BCUT2D eigenvalue weighted by atomic mass is 19.1. The number of amides is 1. The fourth-order valence-corrected chi connectivity index (χ4v) is 2.96. The van der Waals surface area contributed by atoms with E-state index in [0.29, 0.717) is 18.4 Å². The van der Waals surface area contributed by atoms with Gasteiger partial charge in [0.2, 0.25) is 0 Å². The first-order valence-electron chi connectivity index (χ1n) is 6.88. The van der Waals surface area contributed by atoms with Crippen molar-refractivity contribution in [2.75, 3.05) is 0 Å². The van der Waals surface area contributed by atoms with Crippen LogP contribution in [0.25, 0.3) is 0 Å². The van der Waals surface area contributed by atoms with E-state index < -0.39 is 5.60 Å². The van der Waals surface area contributed by atoms with Crippen LogP contribution in [0.15, 0.2) is 24.3 Å². The maximum Gasteiger partial charge on any atom is 0.252 e. The highest BCUT2D eigenvalue weighted by molar-refractivity contribution is 5.85. The molecule has 0 aliphatic heterocycles. The second-order valence-electron chi connectivity index (χ2n) is 5.68. The van der Waals surface area contributed by atoms with Crippen molar-refractivity contribution in [2.24, 2.45) is 0 Å². The van der Waals surface area contributed by atoms with Crippen molar-refractivity contribution in [2.45, 2.75) is 49.7 Å². The van der Waals surface area contributed by atoms with Crippen LogP contribution in [0.1, 0.15) is 43.6 Å². The fourth-order valence-electron chi connectivity index (χ4n) is 2.96. The average molecular weight is 263 g/mol. The van der Waals surface area contributed by atoms with E-state index in [1.54, 1.807) is 18.2 Å². The SMILES string of the molecule is O=C(NC1CC1c1ccccc1F)C1(O)CCCC1. The average Bonchev–Trinajstić information content (AvgIpc) is 2.99. The van der Waals surface area contributed by atoms with E-state index in [0.717, 1.165) is 19.3 Å². The van der Waals surface area contributed by atoms with Gasteiger partial charge < -0.3 is 10.4 Å². The van der Waals surface area contributed by atoms with Gasteiger partial charge in [-0.25, -0.2) is 4.39 Å². The zero-order chi connectivity index (χ0) is 13.5. The number of hydrogen-bond donors (Lipinski definition) is 2. The molecule has 2 unspecified atom stereocenters. The maximum atomic E-state index is 13.6. The minimum atomic E-state index is -1.19. The number of benzene rings is 1. The first kappa shape index (κ1) is 12.6. The summed E-state index contributed by atoms with van der Waals surface area (Å²) >= 11 is 0. The van der Waals surface area contributed by atoms with Crippen LogP contribution in [0.2, 0.25) is 0 Å². The third-order valence-corrected chi connectivity index (χ3v) is 4.26. The van der Waals surface area contributed by atoms with Crippen molar-refractivity contribution < 1.29 is 14.3 Å². The van der Waals surface area contributed by atoms with Crippen LogP contribution in [0.3, 0.4) is 0 Å². The molecule has 0 bridgehead atoms. The highest BCUT2D eigenvalue weighted by Crippen LogP contribution is 2.42. The van der Waals surface area contributed by atoms with Gasteiger partial charge in [-0.05, 0) is 43.7 Å². The zero-order valence-corrected chi connectivity index (χ0v) is 10.7. The summed E-state index contributed by atoms with van der Waals surface area (Å²) in [7, 11) is 0. The predicted octanol–water partition coefficient (Wildman–Crippen LogP) is 2.10. The second kappa shape index (κ2) is 4.60. The van der Waals surface area contributed by atoms with E-state index in [1.165, 1.54) is 6.07 Å². The van der Waals surface area contributed by atoms with E-state index in [9.17, 15) is 14.3 Å². The molecule has 3 nitrogen and oxygen atoms in total. The summed E-state index contributed by atoms with van der Waals surface area (Å²) in [5.74, 6) is -0.451. The zero-order valence-electron chi connectivity index (χ0n) is 10.7. The van der Waals surface area contributed by atoms with Crippen molar-refractivity contribution >= 4 is 5.91 Å². The van der Waals surface area contributed by atoms with E-state index >= 15 is 0 Å². The summed E-state index contributed by atoms with van der Waals surface area (Å²) in [6.45, 7) is 0. The molecule has 4 heteroatoms. The molecule has 1 aromatic carbocycles. The molecule has 0 heterocycles. The van der Waals surface area contributed by atoms with Gasteiger partial charge in [0.05, 0.1) is 0 Å². The number of hydrogen-bond acceptors (Lipinski definition) is 2. The van der Waals surface area contributed by atoms with Crippen molar-refractivity contribution in [1.29, 1.82) is 0 Å². The summed E-state index contributed by atoms with van der Waals surface area (Å²) in [6, 6.07) is 6.64. The molecule has 0 saturated heterocycles. The smallest absolute Gasteiger partial charge is 0.252 e. The van der Waals surface area contributed by atoms with Gasteiger partial charge in [-0.3, -0.25) is 4.79 Å². The largest absolute Gasteiger partial charge is 0.380 e. The molecule has 0 spiro atoms. The molecule has 2 saturated carbocycles. The molecule has 0 radical (unpaired) electrons. The number of rotatable bonds is 3. The molecule has 0 aromatic heterocycles. The number of carbonyl (C=O) groups excluding carboxylic acids is 1. The Labute approximate surface area is 111 Å². The van der Waals surface area contributed by atoms with Crippen LogP contribution in [0.4, 0.5) is 4.39 Å². The van der Waals surface area contributed by atoms with Crippen LogP contribution in [0, 0.1) is 5.82 Å². The van der Waals surface area contributed by atoms with Gasteiger partial charge in [0.25, 0.3) is 5.91 Å². The Hall–Kier alpha value is -1.42. The Morgan fingerprint density at radius 2 is 2.00 bits per heavy atom. The Bertz CT molecular complexity index is 497. The Morgan fingerprint density at radius 1 is 1.32 bits per heavy atom. The van der Waals surface area contributed by atoms with Crippen molar-refractivity contribution in [3.05, 3.63) is 35.6 Å². The second-order valence-corrected chi connectivity index (χ2v) is 5.68. The monoisotopic (exact) mass is 263 g/mol. The first-order chi connectivity index (χ1) is 9.10. The van der Waals surface area contributed by atoms with Gasteiger partial charge in [-0.2, -0.15) is 0 Å². The standard InChI is InChI=1S/C15H18FNO2/c16-12-6-2-1-5-10(12)11-9-13(11)17-14(18)15(19)7-3-4-8-15/h1-2,5-6,11,13,19H,3-4,7-9H2,(H,17,18). The predicted molar refractivity (Wildman–Crippen MR) is 69.1 cm³/mol. The Kier molecular flexibility index (Phi) is 3.05. The topological polar surface area (TPSA) is 49.3 Å². The molecule has 19 heavy (non-hydrogen) atoms. The van der Waals surface area contributed by atoms with Crippen LogP contribution in [-0.4, -0.2) is 22.7 Å². The molecule has 2 atom stereocenters. The molecule has 1 amide bonds. The lowest BCUT2D eigenvalue weighted by Crippen LogP contribution is -2.45.